The van der Waals surface area contributed by atoms with Crippen LogP contribution in [0, 0.1) is 0 Å². The number of carbonyl (C=O) groups excluding carboxylic acids is 1. The first-order chi connectivity index (χ1) is 8.45. The number of halogens is 1. The third-order valence-corrected chi connectivity index (χ3v) is 3.70. The fourth-order valence-electron chi connectivity index (χ4n) is 2.16. The summed E-state index contributed by atoms with van der Waals surface area (Å²) >= 11 is 6.17. The lowest BCUT2D eigenvalue weighted by Gasteiger charge is -2.40. The Morgan fingerprint density at radius 1 is 1.50 bits per heavy atom. The third kappa shape index (κ3) is 2.38. The first kappa shape index (κ1) is 13.0. The van der Waals surface area contributed by atoms with Crippen LogP contribution in [0.15, 0.2) is 12.1 Å². The van der Waals surface area contributed by atoms with E-state index in [9.17, 15) is 4.79 Å². The minimum atomic E-state index is -0.436. The van der Waals surface area contributed by atoms with E-state index in [1.807, 2.05) is 0 Å². The van der Waals surface area contributed by atoms with Gasteiger partial charge in [-0.3, -0.25) is 0 Å². The standard InChI is InChI=1S/C13H17ClN2O2/c1-13(4-3-5-13)16-11-9(12(17)18-2)6-8(15)7-10(11)14/h6-7,16H,3-5,15H2,1-2H3. The summed E-state index contributed by atoms with van der Waals surface area (Å²) in [6.45, 7) is 2.12. The molecular formula is C13H17ClN2O2. The van der Waals surface area contributed by atoms with Crippen molar-refractivity contribution in [3.05, 3.63) is 22.7 Å². The number of hydrogen-bond donors (Lipinski definition) is 2. The topological polar surface area (TPSA) is 64.3 Å². The van der Waals surface area contributed by atoms with Crippen LogP contribution >= 0.6 is 11.6 Å². The first-order valence-electron chi connectivity index (χ1n) is 5.91. The molecule has 0 spiro atoms. The Kier molecular flexibility index (Phi) is 3.39. The molecule has 1 aliphatic carbocycles. The number of rotatable bonds is 3. The molecule has 98 valence electrons. The fraction of sp³-hybridized carbons (Fsp3) is 0.462. The zero-order valence-electron chi connectivity index (χ0n) is 10.5. The lowest BCUT2D eigenvalue weighted by atomic mass is 9.78. The number of anilines is 2. The number of hydrogen-bond acceptors (Lipinski definition) is 4. The maximum absolute atomic E-state index is 11.8. The molecule has 0 aromatic heterocycles. The highest BCUT2D eigenvalue weighted by molar-refractivity contribution is 6.34. The Balaban J connectivity index is 2.40. The van der Waals surface area contributed by atoms with Crippen molar-refractivity contribution in [2.75, 3.05) is 18.2 Å². The van der Waals surface area contributed by atoms with Gasteiger partial charge in [0.15, 0.2) is 0 Å². The van der Waals surface area contributed by atoms with Crippen LogP contribution in [0.1, 0.15) is 36.5 Å². The molecule has 0 saturated heterocycles. The lowest BCUT2D eigenvalue weighted by molar-refractivity contribution is 0.0601. The van der Waals surface area contributed by atoms with Crippen LogP contribution in [0.4, 0.5) is 11.4 Å². The molecule has 3 N–H and O–H groups in total. The molecule has 4 nitrogen and oxygen atoms in total. The van der Waals surface area contributed by atoms with Gasteiger partial charge in [-0.2, -0.15) is 0 Å². The van der Waals surface area contributed by atoms with E-state index in [-0.39, 0.29) is 5.54 Å². The van der Waals surface area contributed by atoms with Crippen molar-refractivity contribution in [3.63, 3.8) is 0 Å². The summed E-state index contributed by atoms with van der Waals surface area (Å²) in [6.07, 6.45) is 3.31. The Morgan fingerprint density at radius 2 is 2.17 bits per heavy atom. The number of nitrogens with one attached hydrogen (secondary N) is 1. The molecule has 1 aromatic rings. The lowest BCUT2D eigenvalue weighted by Crippen LogP contribution is -2.42. The molecule has 5 heteroatoms. The van der Waals surface area contributed by atoms with Crippen molar-refractivity contribution in [2.24, 2.45) is 0 Å². The maximum atomic E-state index is 11.8. The molecule has 0 aliphatic heterocycles. The van der Waals surface area contributed by atoms with Gasteiger partial charge in [0.1, 0.15) is 0 Å². The summed E-state index contributed by atoms with van der Waals surface area (Å²) in [7, 11) is 1.34. The molecule has 1 fully saturated rings. The Morgan fingerprint density at radius 3 is 2.67 bits per heavy atom. The minimum Gasteiger partial charge on any atom is -0.465 e. The normalized spacial score (nSPS) is 16.8. The highest BCUT2D eigenvalue weighted by Gasteiger charge is 2.33. The number of methoxy groups -OCH3 is 1. The van der Waals surface area contributed by atoms with Crippen LogP contribution in [0.3, 0.4) is 0 Å². The molecule has 18 heavy (non-hydrogen) atoms. The summed E-state index contributed by atoms with van der Waals surface area (Å²) in [5.41, 5.74) is 7.16. The number of nitrogen functional groups attached to an aromatic ring is 1. The van der Waals surface area contributed by atoms with Gasteiger partial charge < -0.3 is 15.8 Å². The Bertz CT molecular complexity index is 484. The summed E-state index contributed by atoms with van der Waals surface area (Å²) in [6, 6.07) is 3.22. The average Bonchev–Trinajstić information content (AvgIpc) is 2.29. The van der Waals surface area contributed by atoms with Crippen LogP contribution < -0.4 is 11.1 Å². The van der Waals surface area contributed by atoms with E-state index in [1.54, 1.807) is 12.1 Å². The molecule has 0 unspecified atom stereocenters. The monoisotopic (exact) mass is 268 g/mol. The molecule has 0 atom stereocenters. The Hall–Kier alpha value is -1.42. The van der Waals surface area contributed by atoms with Gasteiger partial charge in [-0.15, -0.1) is 0 Å². The highest BCUT2D eigenvalue weighted by Crippen LogP contribution is 2.39. The zero-order valence-corrected chi connectivity index (χ0v) is 11.3. The second-order valence-corrected chi connectivity index (χ2v) is 5.36. The van der Waals surface area contributed by atoms with Crippen LogP contribution in [0.2, 0.25) is 5.02 Å². The second kappa shape index (κ2) is 4.69. The van der Waals surface area contributed by atoms with E-state index in [1.165, 1.54) is 13.5 Å². The molecular weight excluding hydrogens is 252 g/mol. The number of carbonyl (C=O) groups is 1. The average molecular weight is 269 g/mol. The molecule has 1 saturated carbocycles. The van der Waals surface area contributed by atoms with Gasteiger partial charge in [0.05, 0.1) is 23.4 Å². The van der Waals surface area contributed by atoms with Gasteiger partial charge in [0.2, 0.25) is 0 Å². The molecule has 1 aromatic carbocycles. The SMILES string of the molecule is COC(=O)c1cc(N)cc(Cl)c1NC1(C)CCC1. The van der Waals surface area contributed by atoms with Gasteiger partial charge in [0.25, 0.3) is 0 Å². The highest BCUT2D eigenvalue weighted by atomic mass is 35.5. The van der Waals surface area contributed by atoms with Gasteiger partial charge in [0, 0.05) is 11.2 Å². The predicted octanol–water partition coefficient (Wildman–Crippen LogP) is 3.06. The third-order valence-electron chi connectivity index (χ3n) is 3.40. The molecule has 0 amide bonds. The smallest absolute Gasteiger partial charge is 0.340 e. The summed E-state index contributed by atoms with van der Waals surface area (Å²) in [5.74, 6) is -0.436. The predicted molar refractivity (Wildman–Crippen MR) is 73.1 cm³/mol. The van der Waals surface area contributed by atoms with Crippen molar-refractivity contribution >= 4 is 28.9 Å². The van der Waals surface area contributed by atoms with Crippen molar-refractivity contribution in [3.8, 4) is 0 Å². The summed E-state index contributed by atoms with van der Waals surface area (Å²) in [5, 5.41) is 3.79. The summed E-state index contributed by atoms with van der Waals surface area (Å²) in [4.78, 5) is 11.8. The number of ether oxygens (including phenoxy) is 1. The van der Waals surface area contributed by atoms with Crippen LogP contribution in [-0.2, 0) is 4.74 Å². The molecule has 0 radical (unpaired) electrons. The van der Waals surface area contributed by atoms with Crippen molar-refractivity contribution in [2.45, 2.75) is 31.7 Å². The first-order valence-corrected chi connectivity index (χ1v) is 6.28. The summed E-state index contributed by atoms with van der Waals surface area (Å²) < 4.78 is 4.76. The van der Waals surface area contributed by atoms with E-state index in [0.717, 1.165) is 12.8 Å². The van der Waals surface area contributed by atoms with E-state index in [4.69, 9.17) is 22.1 Å². The number of benzene rings is 1. The second-order valence-electron chi connectivity index (χ2n) is 4.96. The van der Waals surface area contributed by atoms with Gasteiger partial charge in [-0.25, -0.2) is 4.79 Å². The van der Waals surface area contributed by atoms with E-state index < -0.39 is 5.97 Å². The van der Waals surface area contributed by atoms with E-state index in [2.05, 4.69) is 12.2 Å². The largest absolute Gasteiger partial charge is 0.465 e. The van der Waals surface area contributed by atoms with Crippen molar-refractivity contribution in [1.82, 2.24) is 0 Å². The zero-order chi connectivity index (χ0) is 13.3. The van der Waals surface area contributed by atoms with Crippen LogP contribution in [0.25, 0.3) is 0 Å². The maximum Gasteiger partial charge on any atom is 0.340 e. The van der Waals surface area contributed by atoms with Gasteiger partial charge in [-0.05, 0) is 38.3 Å². The van der Waals surface area contributed by atoms with Crippen LogP contribution in [0.5, 0.6) is 0 Å². The minimum absolute atomic E-state index is 0.00251. The van der Waals surface area contributed by atoms with Crippen molar-refractivity contribution < 1.29 is 9.53 Å². The van der Waals surface area contributed by atoms with Gasteiger partial charge >= 0.3 is 5.97 Å². The number of nitrogens with two attached hydrogens (primary N) is 1. The molecule has 0 bridgehead atoms. The molecule has 0 heterocycles. The van der Waals surface area contributed by atoms with Crippen molar-refractivity contribution in [1.29, 1.82) is 0 Å². The number of esters is 1. The van der Waals surface area contributed by atoms with E-state index >= 15 is 0 Å². The van der Waals surface area contributed by atoms with Crippen LogP contribution in [-0.4, -0.2) is 18.6 Å². The van der Waals surface area contributed by atoms with E-state index in [0.29, 0.717) is 22.0 Å². The fourth-order valence-corrected chi connectivity index (χ4v) is 2.43. The molecule has 2 rings (SSSR count). The quantitative estimate of drug-likeness (QED) is 0.653. The Labute approximate surface area is 111 Å². The van der Waals surface area contributed by atoms with Gasteiger partial charge in [-0.1, -0.05) is 11.6 Å². The molecule has 1 aliphatic rings.